The van der Waals surface area contributed by atoms with E-state index in [0.29, 0.717) is 0 Å². The molecule has 0 amide bonds. The van der Waals surface area contributed by atoms with Crippen LogP contribution in [0.15, 0.2) is 115 Å². The maximum Gasteiger partial charge on any atom is 0.252 e. The minimum absolute atomic E-state index is 0.00142. The molecule has 4 unspecified atom stereocenters. The van der Waals surface area contributed by atoms with Crippen molar-refractivity contribution in [1.29, 1.82) is 0 Å². The fourth-order valence-electron chi connectivity index (χ4n) is 14.4. The van der Waals surface area contributed by atoms with Crippen LogP contribution in [0.5, 0.6) is 0 Å². The van der Waals surface area contributed by atoms with Gasteiger partial charge >= 0.3 is 0 Å². The molecule has 6 aromatic rings. The van der Waals surface area contributed by atoms with E-state index in [1.54, 1.807) is 10.8 Å². The number of para-hydroxylation sites is 1. The third-order valence-electron chi connectivity index (χ3n) is 18.7. The third-order valence-corrected chi connectivity index (χ3v) is 20.7. The molecule has 0 aromatic heterocycles. The van der Waals surface area contributed by atoms with Gasteiger partial charge in [-0.2, -0.15) is 0 Å². The zero-order valence-electron chi connectivity index (χ0n) is 42.1. The summed E-state index contributed by atoms with van der Waals surface area (Å²) in [6, 6.07) is 46.7. The molecule has 4 atom stereocenters. The van der Waals surface area contributed by atoms with Crippen LogP contribution in [0.3, 0.4) is 0 Å². The average Bonchev–Trinajstić information content (AvgIpc) is 3.62. The predicted octanol–water partition coefficient (Wildman–Crippen LogP) is 13.5. The fraction of sp³-hybridized carbons (Fsp3) is 0.410. The minimum atomic E-state index is -1.74. The number of aryl methyl sites for hydroxylation is 1. The second-order valence-electron chi connectivity index (χ2n) is 25.3. The number of hydrogen-bond acceptors (Lipinski definition) is 3. The van der Waals surface area contributed by atoms with Crippen LogP contribution in [0.25, 0.3) is 0 Å². The van der Waals surface area contributed by atoms with Gasteiger partial charge < -0.3 is 14.7 Å². The Hall–Kier alpha value is -5.00. The molecule has 3 nitrogen and oxygen atoms in total. The molecule has 0 saturated heterocycles. The molecule has 0 bridgehead atoms. The van der Waals surface area contributed by atoms with Gasteiger partial charge in [-0.25, -0.2) is 0 Å². The Morgan fingerprint density at radius 2 is 1.18 bits per heavy atom. The van der Waals surface area contributed by atoms with Crippen molar-refractivity contribution in [2.45, 2.75) is 160 Å². The summed E-state index contributed by atoms with van der Waals surface area (Å²) in [7, 11) is -1.74. The molecule has 5 heteroatoms. The SMILES string of the molecule is CC(C)(C)c1ccc(N2c3ccc(C(C)(C)C)cc3B3c4cc([Si](C)(C)C)cc5c4N(c4cc(N6c7ccccc7C7(C)CCc8ccccc8C67C)cc2c43)C2(C)CCCCC52C)cc1. The molecule has 6 aliphatic rings. The molecule has 0 radical (unpaired) electrons. The van der Waals surface area contributed by atoms with Gasteiger partial charge in [-0.15, -0.1) is 0 Å². The summed E-state index contributed by atoms with van der Waals surface area (Å²) in [5, 5.41) is 1.60. The van der Waals surface area contributed by atoms with Crippen molar-refractivity contribution in [3.05, 3.63) is 149 Å². The number of fused-ring (bicyclic) bond motifs is 12. The van der Waals surface area contributed by atoms with Gasteiger partial charge in [0.1, 0.15) is 0 Å². The van der Waals surface area contributed by atoms with Crippen molar-refractivity contribution in [3.63, 3.8) is 0 Å². The van der Waals surface area contributed by atoms with E-state index in [0.717, 1.165) is 12.8 Å². The standard InChI is InChI=1S/C61H70BN3Si/c1-56(2,3)40-24-27-42(28-25-40)63-51-29-26-41(57(4,5)6)34-48(51)62-49-38-44(66(11,12)13)37-47-55(49)65(60(9)32-19-18-31-58(47,60)7)53-36-43(35-52(63)54(53)62)64-50-23-17-16-22-46(50)59(8)33-30-39-20-14-15-21-45(39)61(59,64)10/h14-17,20-29,34-38H,18-19,30-33H2,1-13H3. The van der Waals surface area contributed by atoms with Crippen LogP contribution < -0.4 is 36.3 Å². The van der Waals surface area contributed by atoms with Crippen LogP contribution in [0.2, 0.25) is 19.6 Å². The van der Waals surface area contributed by atoms with Crippen molar-refractivity contribution in [1.82, 2.24) is 0 Å². The lowest BCUT2D eigenvalue weighted by Gasteiger charge is -2.54. The summed E-state index contributed by atoms with van der Waals surface area (Å²) < 4.78 is 0. The number of hydrogen-bond donors (Lipinski definition) is 0. The monoisotopic (exact) mass is 884 g/mol. The number of benzene rings is 6. The van der Waals surface area contributed by atoms with Crippen LogP contribution in [-0.2, 0) is 33.6 Å². The lowest BCUT2D eigenvalue weighted by Crippen LogP contribution is -2.65. The Labute approximate surface area is 397 Å². The zero-order chi connectivity index (χ0) is 46.3. The highest BCUT2D eigenvalue weighted by atomic mass is 28.3. The first-order valence-corrected chi connectivity index (χ1v) is 28.8. The maximum absolute atomic E-state index is 2.96. The van der Waals surface area contributed by atoms with E-state index in [1.807, 2.05) is 0 Å². The van der Waals surface area contributed by atoms with E-state index in [4.69, 9.17) is 0 Å². The normalized spacial score (nSPS) is 25.7. The fourth-order valence-corrected chi connectivity index (χ4v) is 15.6. The predicted molar refractivity (Wildman–Crippen MR) is 287 cm³/mol. The molecule has 0 N–H and O–H groups in total. The molecule has 0 spiro atoms. The van der Waals surface area contributed by atoms with Crippen molar-refractivity contribution in [3.8, 4) is 0 Å². The van der Waals surface area contributed by atoms with Crippen LogP contribution in [0.1, 0.15) is 135 Å². The number of anilines is 7. The zero-order valence-corrected chi connectivity index (χ0v) is 43.1. The molecule has 1 saturated carbocycles. The molecule has 2 aliphatic carbocycles. The first kappa shape index (κ1) is 42.4. The second kappa shape index (κ2) is 13.4. The lowest BCUT2D eigenvalue weighted by molar-refractivity contribution is 0.195. The highest BCUT2D eigenvalue weighted by molar-refractivity contribution is 7.01. The summed E-state index contributed by atoms with van der Waals surface area (Å²) in [5.41, 5.74) is 22.3. The maximum atomic E-state index is 2.96. The number of rotatable bonds is 3. The van der Waals surface area contributed by atoms with E-state index in [9.17, 15) is 0 Å². The van der Waals surface area contributed by atoms with Crippen molar-refractivity contribution >= 4 is 76.2 Å². The van der Waals surface area contributed by atoms with Crippen LogP contribution in [0, 0.1) is 0 Å². The third kappa shape index (κ3) is 5.33. The largest absolute Gasteiger partial charge is 0.335 e. The van der Waals surface area contributed by atoms with Gasteiger partial charge in [0, 0.05) is 50.6 Å². The molecule has 4 heterocycles. The van der Waals surface area contributed by atoms with E-state index in [-0.39, 0.29) is 39.5 Å². The summed E-state index contributed by atoms with van der Waals surface area (Å²) in [6.07, 6.45) is 7.15. The molecule has 12 rings (SSSR count). The summed E-state index contributed by atoms with van der Waals surface area (Å²) in [5.74, 6) is 0. The van der Waals surface area contributed by atoms with Gasteiger partial charge in [0.2, 0.25) is 0 Å². The van der Waals surface area contributed by atoms with E-state index in [2.05, 4.69) is 219 Å². The highest BCUT2D eigenvalue weighted by Gasteiger charge is 2.63. The average molecular weight is 884 g/mol. The van der Waals surface area contributed by atoms with Crippen LogP contribution in [-0.4, -0.2) is 20.3 Å². The van der Waals surface area contributed by atoms with Gasteiger partial charge in [-0.1, -0.05) is 172 Å². The van der Waals surface area contributed by atoms with Crippen molar-refractivity contribution in [2.24, 2.45) is 0 Å². The first-order chi connectivity index (χ1) is 31.1. The van der Waals surface area contributed by atoms with E-state index < -0.39 is 8.07 Å². The molecule has 336 valence electrons. The summed E-state index contributed by atoms with van der Waals surface area (Å²) in [6.45, 7) is 32.4. The summed E-state index contributed by atoms with van der Waals surface area (Å²) >= 11 is 0. The highest BCUT2D eigenvalue weighted by Crippen LogP contribution is 2.66. The topological polar surface area (TPSA) is 9.72 Å². The van der Waals surface area contributed by atoms with Gasteiger partial charge in [-0.3, -0.25) is 0 Å². The van der Waals surface area contributed by atoms with Crippen molar-refractivity contribution < 1.29 is 0 Å². The Kier molecular flexibility index (Phi) is 8.58. The summed E-state index contributed by atoms with van der Waals surface area (Å²) in [4.78, 5) is 8.45. The first-order valence-electron chi connectivity index (χ1n) is 25.3. The van der Waals surface area contributed by atoms with E-state index >= 15 is 0 Å². The van der Waals surface area contributed by atoms with Crippen LogP contribution >= 0.6 is 0 Å². The Balaban J connectivity index is 1.23. The van der Waals surface area contributed by atoms with Crippen molar-refractivity contribution in [2.75, 3.05) is 14.7 Å². The van der Waals surface area contributed by atoms with Gasteiger partial charge in [0.25, 0.3) is 6.71 Å². The Bertz CT molecular complexity index is 3040. The molecule has 6 aromatic carbocycles. The molecule has 4 aliphatic heterocycles. The van der Waals surface area contributed by atoms with Gasteiger partial charge in [0.15, 0.2) is 0 Å². The Morgan fingerprint density at radius 3 is 1.89 bits per heavy atom. The molecular weight excluding hydrogens is 814 g/mol. The van der Waals surface area contributed by atoms with Gasteiger partial charge in [-0.05, 0) is 137 Å². The number of nitrogens with zero attached hydrogens (tertiary/aromatic N) is 3. The lowest BCUT2D eigenvalue weighted by atomic mass is 9.33. The quantitative estimate of drug-likeness (QED) is 0.164. The van der Waals surface area contributed by atoms with E-state index in [1.165, 1.54) is 110 Å². The Morgan fingerprint density at radius 1 is 0.530 bits per heavy atom. The van der Waals surface area contributed by atoms with Crippen LogP contribution in [0.4, 0.5) is 39.8 Å². The second-order valence-corrected chi connectivity index (χ2v) is 30.3. The molecule has 1 fully saturated rings. The minimum Gasteiger partial charge on any atom is -0.335 e. The van der Waals surface area contributed by atoms with Gasteiger partial charge in [0.05, 0.1) is 19.2 Å². The smallest absolute Gasteiger partial charge is 0.252 e. The molecule has 66 heavy (non-hydrogen) atoms. The molecular formula is C61H70BN3Si.